The van der Waals surface area contributed by atoms with Gasteiger partial charge in [0.15, 0.2) is 0 Å². The van der Waals surface area contributed by atoms with Crippen LogP contribution in [-0.4, -0.2) is 4.98 Å². The van der Waals surface area contributed by atoms with Crippen LogP contribution in [0.25, 0.3) is 10.9 Å². The lowest BCUT2D eigenvalue weighted by Gasteiger charge is -1.95. The van der Waals surface area contributed by atoms with E-state index in [1.54, 1.807) is 0 Å². The summed E-state index contributed by atoms with van der Waals surface area (Å²) in [5.41, 5.74) is 2.75. The van der Waals surface area contributed by atoms with Gasteiger partial charge in [-0.25, -0.2) is 0 Å². The third-order valence-corrected chi connectivity index (χ3v) is 3.19. The molecule has 66 valence electrons. The summed E-state index contributed by atoms with van der Waals surface area (Å²) in [7, 11) is 0. The first-order chi connectivity index (χ1) is 6.34. The fourth-order valence-electron chi connectivity index (χ4n) is 1.85. The van der Waals surface area contributed by atoms with Gasteiger partial charge in [0.2, 0.25) is 0 Å². The summed E-state index contributed by atoms with van der Waals surface area (Å²) in [6.07, 6.45) is 4.88. The molecule has 1 aromatic carbocycles. The summed E-state index contributed by atoms with van der Waals surface area (Å²) in [6.45, 7) is 0. The van der Waals surface area contributed by atoms with Gasteiger partial charge in [0.1, 0.15) is 0 Å². The van der Waals surface area contributed by atoms with Gasteiger partial charge < -0.3 is 4.98 Å². The first-order valence-electron chi connectivity index (χ1n) is 4.61. The van der Waals surface area contributed by atoms with Crippen LogP contribution in [0.1, 0.15) is 24.3 Å². The molecule has 1 aromatic heterocycles. The van der Waals surface area contributed by atoms with Crippen molar-refractivity contribution in [1.82, 2.24) is 4.98 Å². The standard InChI is InChI=1S/C11H10BrN/c12-8-3-4-11-9(5-8)10(6-13-11)7-1-2-7/h3-7,13H,1-2H2. The number of nitrogens with one attached hydrogen (secondary N) is 1. The van der Waals surface area contributed by atoms with E-state index in [0.29, 0.717) is 0 Å². The maximum absolute atomic E-state index is 3.51. The van der Waals surface area contributed by atoms with Gasteiger partial charge in [0, 0.05) is 21.6 Å². The summed E-state index contributed by atoms with van der Waals surface area (Å²) < 4.78 is 1.17. The largest absolute Gasteiger partial charge is 0.361 e. The van der Waals surface area contributed by atoms with Gasteiger partial charge in [0.05, 0.1) is 0 Å². The Morgan fingerprint density at radius 2 is 2.15 bits per heavy atom. The Hall–Kier alpha value is -0.760. The number of aromatic amines is 1. The van der Waals surface area contributed by atoms with Crippen LogP contribution in [0.2, 0.25) is 0 Å². The highest BCUT2D eigenvalue weighted by Gasteiger charge is 2.25. The predicted molar refractivity (Wildman–Crippen MR) is 58.0 cm³/mol. The molecule has 2 heteroatoms. The molecule has 1 aliphatic rings. The normalized spacial score (nSPS) is 16.7. The molecule has 0 saturated heterocycles. The van der Waals surface area contributed by atoms with E-state index >= 15 is 0 Å². The molecule has 1 aliphatic carbocycles. The zero-order valence-electron chi connectivity index (χ0n) is 7.18. The van der Waals surface area contributed by atoms with Gasteiger partial charge in [-0.05, 0) is 42.5 Å². The van der Waals surface area contributed by atoms with Crippen LogP contribution in [0.15, 0.2) is 28.9 Å². The van der Waals surface area contributed by atoms with Crippen molar-refractivity contribution in [3.63, 3.8) is 0 Å². The molecular formula is C11H10BrN. The van der Waals surface area contributed by atoms with E-state index in [1.165, 1.54) is 33.8 Å². The van der Waals surface area contributed by atoms with Crippen LogP contribution >= 0.6 is 15.9 Å². The van der Waals surface area contributed by atoms with Crippen LogP contribution < -0.4 is 0 Å². The molecule has 13 heavy (non-hydrogen) atoms. The maximum atomic E-state index is 3.51. The Balaban J connectivity index is 2.29. The van der Waals surface area contributed by atoms with E-state index in [0.717, 1.165) is 5.92 Å². The Kier molecular flexibility index (Phi) is 1.53. The lowest BCUT2D eigenvalue weighted by atomic mass is 10.1. The first kappa shape index (κ1) is 7.63. The molecule has 1 heterocycles. The number of aromatic nitrogens is 1. The van der Waals surface area contributed by atoms with Crippen molar-refractivity contribution in [1.29, 1.82) is 0 Å². The molecule has 0 radical (unpaired) electrons. The fourth-order valence-corrected chi connectivity index (χ4v) is 2.21. The summed E-state index contributed by atoms with van der Waals surface area (Å²) in [6, 6.07) is 6.42. The number of H-pyrrole nitrogens is 1. The molecule has 3 rings (SSSR count). The molecule has 1 N–H and O–H groups in total. The summed E-state index contributed by atoms with van der Waals surface area (Å²) in [4.78, 5) is 3.32. The van der Waals surface area contributed by atoms with Crippen molar-refractivity contribution >= 4 is 26.8 Å². The molecule has 0 unspecified atom stereocenters. The molecule has 0 bridgehead atoms. The van der Waals surface area contributed by atoms with E-state index in [9.17, 15) is 0 Å². The van der Waals surface area contributed by atoms with E-state index in [1.807, 2.05) is 0 Å². The lowest BCUT2D eigenvalue weighted by molar-refractivity contribution is 1.15. The zero-order valence-corrected chi connectivity index (χ0v) is 8.76. The number of halogens is 1. The Bertz CT molecular complexity index is 454. The summed E-state index contributed by atoms with van der Waals surface area (Å²) in [5.74, 6) is 0.822. The minimum Gasteiger partial charge on any atom is -0.361 e. The van der Waals surface area contributed by atoms with Gasteiger partial charge in [0.25, 0.3) is 0 Å². The smallest absolute Gasteiger partial charge is 0.0457 e. The van der Waals surface area contributed by atoms with Crippen LogP contribution in [0, 0.1) is 0 Å². The highest BCUT2D eigenvalue weighted by Crippen LogP contribution is 2.43. The van der Waals surface area contributed by atoms with Gasteiger partial charge >= 0.3 is 0 Å². The second-order valence-corrected chi connectivity index (χ2v) is 4.62. The quantitative estimate of drug-likeness (QED) is 0.774. The second kappa shape index (κ2) is 2.61. The van der Waals surface area contributed by atoms with E-state index in [4.69, 9.17) is 0 Å². The molecule has 0 spiro atoms. The molecule has 1 saturated carbocycles. The van der Waals surface area contributed by atoms with Crippen molar-refractivity contribution < 1.29 is 0 Å². The number of hydrogen-bond acceptors (Lipinski definition) is 0. The number of rotatable bonds is 1. The average molecular weight is 236 g/mol. The molecule has 1 nitrogen and oxygen atoms in total. The van der Waals surface area contributed by atoms with Crippen LogP contribution in [0.3, 0.4) is 0 Å². The third-order valence-electron chi connectivity index (χ3n) is 2.69. The van der Waals surface area contributed by atoms with Gasteiger partial charge in [-0.3, -0.25) is 0 Å². The summed E-state index contributed by atoms with van der Waals surface area (Å²) in [5, 5.41) is 1.39. The van der Waals surface area contributed by atoms with E-state index in [-0.39, 0.29) is 0 Å². The SMILES string of the molecule is Brc1ccc2[nH]cc(C3CC3)c2c1. The van der Waals surface area contributed by atoms with Crippen LogP contribution in [0.4, 0.5) is 0 Å². The highest BCUT2D eigenvalue weighted by atomic mass is 79.9. The molecule has 2 aromatic rings. The number of benzene rings is 1. The van der Waals surface area contributed by atoms with Gasteiger partial charge in [-0.2, -0.15) is 0 Å². The highest BCUT2D eigenvalue weighted by molar-refractivity contribution is 9.10. The molecule has 0 atom stereocenters. The minimum atomic E-state index is 0.822. The maximum Gasteiger partial charge on any atom is 0.0457 e. The van der Waals surface area contributed by atoms with E-state index in [2.05, 4.69) is 45.3 Å². The third kappa shape index (κ3) is 1.20. The predicted octanol–water partition coefficient (Wildman–Crippen LogP) is 3.81. The topological polar surface area (TPSA) is 15.8 Å². The molecule has 0 amide bonds. The van der Waals surface area contributed by atoms with Crippen molar-refractivity contribution in [3.05, 3.63) is 34.4 Å². The number of fused-ring (bicyclic) bond motifs is 1. The lowest BCUT2D eigenvalue weighted by Crippen LogP contribution is -1.74. The van der Waals surface area contributed by atoms with Crippen LogP contribution in [0.5, 0.6) is 0 Å². The minimum absolute atomic E-state index is 0.822. The van der Waals surface area contributed by atoms with Crippen molar-refractivity contribution in [3.8, 4) is 0 Å². The Labute approximate surface area is 85.3 Å². The first-order valence-corrected chi connectivity index (χ1v) is 5.40. The Morgan fingerprint density at radius 3 is 2.92 bits per heavy atom. The molecular weight excluding hydrogens is 226 g/mol. The zero-order chi connectivity index (χ0) is 8.84. The van der Waals surface area contributed by atoms with Crippen molar-refractivity contribution in [2.24, 2.45) is 0 Å². The molecule has 0 aliphatic heterocycles. The molecule has 1 fully saturated rings. The van der Waals surface area contributed by atoms with Crippen molar-refractivity contribution in [2.75, 3.05) is 0 Å². The van der Waals surface area contributed by atoms with Crippen LogP contribution in [-0.2, 0) is 0 Å². The summed E-state index contributed by atoms with van der Waals surface area (Å²) >= 11 is 3.51. The average Bonchev–Trinajstić information content (AvgIpc) is 2.87. The van der Waals surface area contributed by atoms with Gasteiger partial charge in [-0.15, -0.1) is 0 Å². The van der Waals surface area contributed by atoms with Gasteiger partial charge in [-0.1, -0.05) is 15.9 Å². The fraction of sp³-hybridized carbons (Fsp3) is 0.273. The Morgan fingerprint density at radius 1 is 1.31 bits per heavy atom. The second-order valence-electron chi connectivity index (χ2n) is 3.71. The van der Waals surface area contributed by atoms with E-state index < -0.39 is 0 Å². The number of hydrogen-bond donors (Lipinski definition) is 1. The monoisotopic (exact) mass is 235 g/mol. The van der Waals surface area contributed by atoms with Crippen molar-refractivity contribution in [2.45, 2.75) is 18.8 Å².